The van der Waals surface area contributed by atoms with E-state index in [9.17, 15) is 0 Å². The summed E-state index contributed by atoms with van der Waals surface area (Å²) in [5.41, 5.74) is 3.44. The molecule has 7 nitrogen and oxygen atoms in total. The molecule has 8 heteroatoms. The van der Waals surface area contributed by atoms with Gasteiger partial charge in [-0.2, -0.15) is 0 Å². The summed E-state index contributed by atoms with van der Waals surface area (Å²) < 4.78 is 16.6. The first kappa shape index (κ1) is 26.2. The van der Waals surface area contributed by atoms with Crippen molar-refractivity contribution in [1.82, 2.24) is 10.2 Å². The fraction of sp³-hybridized carbons (Fsp3) is 0.458. The Morgan fingerprint density at radius 2 is 1.94 bits per heavy atom. The average Bonchev–Trinajstić information content (AvgIpc) is 2.80. The number of halogens is 1. The number of morpholine rings is 1. The molecule has 0 aliphatic carbocycles. The van der Waals surface area contributed by atoms with Crippen molar-refractivity contribution >= 4 is 35.6 Å². The first-order valence-corrected chi connectivity index (χ1v) is 10.8. The molecule has 3 rings (SSSR count). The van der Waals surface area contributed by atoms with Gasteiger partial charge in [-0.3, -0.25) is 9.89 Å². The van der Waals surface area contributed by atoms with Crippen molar-refractivity contribution < 1.29 is 14.2 Å². The number of aryl methyl sites for hydroxylation is 1. The number of hydrogen-bond acceptors (Lipinski definition) is 5. The Hall–Kier alpha value is -2.04. The Labute approximate surface area is 208 Å². The smallest absolute Gasteiger partial charge is 0.195 e. The van der Waals surface area contributed by atoms with Gasteiger partial charge >= 0.3 is 0 Å². The Morgan fingerprint density at radius 1 is 1.16 bits per heavy atom. The van der Waals surface area contributed by atoms with Crippen LogP contribution in [0.5, 0.6) is 11.5 Å². The van der Waals surface area contributed by atoms with Crippen LogP contribution in [0.4, 0.5) is 5.69 Å². The molecule has 1 aliphatic rings. The van der Waals surface area contributed by atoms with Gasteiger partial charge in [0.2, 0.25) is 0 Å². The highest BCUT2D eigenvalue weighted by Gasteiger charge is 2.23. The lowest BCUT2D eigenvalue weighted by Crippen LogP contribution is -2.44. The molecule has 1 saturated heterocycles. The average molecular weight is 554 g/mol. The van der Waals surface area contributed by atoms with Gasteiger partial charge in [-0.15, -0.1) is 24.0 Å². The van der Waals surface area contributed by atoms with Crippen LogP contribution in [0.15, 0.2) is 47.5 Å². The van der Waals surface area contributed by atoms with Crippen LogP contribution < -0.4 is 20.1 Å². The van der Waals surface area contributed by atoms with Crippen molar-refractivity contribution in [2.45, 2.75) is 19.9 Å². The Morgan fingerprint density at radius 3 is 2.59 bits per heavy atom. The van der Waals surface area contributed by atoms with Crippen LogP contribution in [-0.4, -0.2) is 64.5 Å². The van der Waals surface area contributed by atoms with Gasteiger partial charge in [0, 0.05) is 38.4 Å². The second kappa shape index (κ2) is 13.5. The number of anilines is 1. The number of guanidine groups is 1. The van der Waals surface area contributed by atoms with Gasteiger partial charge in [0.15, 0.2) is 17.5 Å². The molecule has 0 radical (unpaired) electrons. The van der Waals surface area contributed by atoms with Gasteiger partial charge in [0.1, 0.15) is 0 Å². The molecule has 1 fully saturated rings. The van der Waals surface area contributed by atoms with E-state index in [0.717, 1.165) is 44.3 Å². The first-order chi connectivity index (χ1) is 15.1. The maximum Gasteiger partial charge on any atom is 0.195 e. The number of aliphatic imine (C=N–C) groups is 1. The van der Waals surface area contributed by atoms with E-state index in [4.69, 9.17) is 14.2 Å². The molecular weight excluding hydrogens is 519 g/mol. The zero-order chi connectivity index (χ0) is 22.1. The number of ether oxygens (including phenoxy) is 3. The lowest BCUT2D eigenvalue weighted by Gasteiger charge is -2.35. The lowest BCUT2D eigenvalue weighted by atomic mass is 10.0. The van der Waals surface area contributed by atoms with E-state index in [2.05, 4.69) is 51.7 Å². The summed E-state index contributed by atoms with van der Waals surface area (Å²) in [6, 6.07) is 14.7. The van der Waals surface area contributed by atoms with Crippen molar-refractivity contribution in [3.05, 3.63) is 53.6 Å². The number of nitrogens with one attached hydrogen (secondary N) is 2. The van der Waals surface area contributed by atoms with Gasteiger partial charge in [-0.1, -0.05) is 29.8 Å². The maximum absolute atomic E-state index is 5.60. The van der Waals surface area contributed by atoms with Crippen LogP contribution in [0, 0.1) is 6.92 Å². The molecule has 1 unspecified atom stereocenters. The van der Waals surface area contributed by atoms with Crippen molar-refractivity contribution in [3.63, 3.8) is 0 Å². The second-order valence-electron chi connectivity index (χ2n) is 7.46. The highest BCUT2D eigenvalue weighted by Crippen LogP contribution is 2.30. The van der Waals surface area contributed by atoms with Crippen LogP contribution >= 0.6 is 24.0 Å². The third kappa shape index (κ3) is 7.25. The fourth-order valence-electron chi connectivity index (χ4n) is 3.75. The number of rotatable bonds is 8. The zero-order valence-corrected chi connectivity index (χ0v) is 21.7. The van der Waals surface area contributed by atoms with Gasteiger partial charge < -0.3 is 24.8 Å². The van der Waals surface area contributed by atoms with E-state index in [1.54, 1.807) is 14.2 Å². The molecule has 0 aromatic heterocycles. The molecule has 176 valence electrons. The fourth-order valence-corrected chi connectivity index (χ4v) is 3.75. The van der Waals surface area contributed by atoms with Gasteiger partial charge in [-0.05, 0) is 31.5 Å². The summed E-state index contributed by atoms with van der Waals surface area (Å²) in [7, 11) is 3.42. The van der Waals surface area contributed by atoms with Gasteiger partial charge in [-0.25, -0.2) is 0 Å². The highest BCUT2D eigenvalue weighted by molar-refractivity contribution is 14.0. The minimum Gasteiger partial charge on any atom is -0.493 e. The molecule has 1 atom stereocenters. The van der Waals surface area contributed by atoms with E-state index in [1.165, 1.54) is 11.1 Å². The molecule has 2 aromatic rings. The molecule has 0 saturated carbocycles. The monoisotopic (exact) mass is 554 g/mol. The topological polar surface area (TPSA) is 67.4 Å². The second-order valence-corrected chi connectivity index (χ2v) is 7.46. The molecule has 1 aliphatic heterocycles. The normalized spacial score (nSPS) is 15.4. The van der Waals surface area contributed by atoms with Gasteiger partial charge in [0.05, 0.1) is 33.0 Å². The molecular formula is C24H35IN4O3. The van der Waals surface area contributed by atoms with Crippen molar-refractivity contribution in [2.75, 3.05) is 58.9 Å². The highest BCUT2D eigenvalue weighted by atomic mass is 127. The lowest BCUT2D eigenvalue weighted by molar-refractivity contribution is 0.0170. The van der Waals surface area contributed by atoms with Gasteiger partial charge in [0.25, 0.3) is 0 Å². The third-order valence-electron chi connectivity index (χ3n) is 5.33. The summed E-state index contributed by atoms with van der Waals surface area (Å²) in [5.74, 6) is 2.12. The number of hydrogen-bond donors (Lipinski definition) is 2. The Bertz CT molecular complexity index is 872. The van der Waals surface area contributed by atoms with E-state index >= 15 is 0 Å². The SMILES string of the molecule is CCOc1ccc(NC(=NC)NCC(c2cccc(C)c2)N2CCOCC2)cc1OC.I. The Kier molecular flexibility index (Phi) is 11.1. The molecule has 2 N–H and O–H groups in total. The number of methoxy groups -OCH3 is 1. The minimum atomic E-state index is 0. The predicted molar refractivity (Wildman–Crippen MR) is 141 cm³/mol. The van der Waals surface area contributed by atoms with Crippen LogP contribution in [0.25, 0.3) is 0 Å². The van der Waals surface area contributed by atoms with E-state index in [-0.39, 0.29) is 30.0 Å². The van der Waals surface area contributed by atoms with Crippen molar-refractivity contribution in [1.29, 1.82) is 0 Å². The first-order valence-electron chi connectivity index (χ1n) is 10.8. The minimum absolute atomic E-state index is 0. The molecule has 0 bridgehead atoms. The molecule has 1 heterocycles. The molecule has 0 spiro atoms. The summed E-state index contributed by atoms with van der Waals surface area (Å²) in [5, 5.41) is 6.85. The quantitative estimate of drug-likeness (QED) is 0.291. The Balaban J connectivity index is 0.00000363. The van der Waals surface area contributed by atoms with Crippen LogP contribution in [0.2, 0.25) is 0 Å². The van der Waals surface area contributed by atoms with Crippen LogP contribution in [0.1, 0.15) is 24.1 Å². The number of benzene rings is 2. The van der Waals surface area contributed by atoms with E-state index in [0.29, 0.717) is 18.3 Å². The van der Waals surface area contributed by atoms with Crippen molar-refractivity contribution in [3.8, 4) is 11.5 Å². The van der Waals surface area contributed by atoms with Crippen molar-refractivity contribution in [2.24, 2.45) is 4.99 Å². The summed E-state index contributed by atoms with van der Waals surface area (Å²) in [6.45, 7) is 8.78. The number of nitrogens with zero attached hydrogens (tertiary/aromatic N) is 2. The zero-order valence-electron chi connectivity index (χ0n) is 19.4. The predicted octanol–water partition coefficient (Wildman–Crippen LogP) is 4.08. The van der Waals surface area contributed by atoms with Crippen LogP contribution in [0.3, 0.4) is 0 Å². The largest absolute Gasteiger partial charge is 0.493 e. The summed E-state index contributed by atoms with van der Waals surface area (Å²) in [6.07, 6.45) is 0. The molecule has 0 amide bonds. The molecule has 2 aromatic carbocycles. The van der Waals surface area contributed by atoms with E-state index in [1.807, 2.05) is 25.1 Å². The summed E-state index contributed by atoms with van der Waals surface area (Å²) >= 11 is 0. The van der Waals surface area contributed by atoms with Crippen LogP contribution in [-0.2, 0) is 4.74 Å². The van der Waals surface area contributed by atoms with E-state index < -0.39 is 0 Å². The summed E-state index contributed by atoms with van der Waals surface area (Å²) in [4.78, 5) is 6.88. The molecule has 32 heavy (non-hydrogen) atoms. The standard InChI is InChI=1S/C24H34N4O3.HI/c1-5-31-22-10-9-20(16-23(22)29-4)27-24(25-3)26-17-21(28-11-13-30-14-12-28)19-8-6-7-18(2)15-19;/h6-10,15-16,21H,5,11-14,17H2,1-4H3,(H2,25,26,27);1H. The third-order valence-corrected chi connectivity index (χ3v) is 5.33. The maximum atomic E-state index is 5.60.